The highest BCUT2D eigenvalue weighted by Gasteiger charge is 2.17. The van der Waals surface area contributed by atoms with E-state index in [0.29, 0.717) is 23.4 Å². The Morgan fingerprint density at radius 1 is 1.11 bits per heavy atom. The molecule has 0 aromatic heterocycles. The lowest BCUT2D eigenvalue weighted by molar-refractivity contribution is 0.0690. The third-order valence-corrected chi connectivity index (χ3v) is 4.04. The molecule has 0 atom stereocenters. The van der Waals surface area contributed by atoms with Crippen LogP contribution in [0, 0.1) is 0 Å². The second kappa shape index (κ2) is 10.9. The zero-order valence-electron chi connectivity index (χ0n) is 15.7. The van der Waals surface area contributed by atoms with Gasteiger partial charge in [0, 0.05) is 17.7 Å². The molecule has 7 nitrogen and oxygen atoms in total. The summed E-state index contributed by atoms with van der Waals surface area (Å²) in [5.74, 6) is -0.257. The van der Waals surface area contributed by atoms with Crippen LogP contribution in [0.3, 0.4) is 0 Å². The largest absolute Gasteiger partial charge is 0.492 e. The number of aliphatic hydroxyl groups excluding tert-OH is 1. The van der Waals surface area contributed by atoms with Gasteiger partial charge in [0.2, 0.25) is 0 Å². The number of ether oxygens (including phenoxy) is 1. The molecule has 2 rings (SSSR count). The molecule has 0 aliphatic heterocycles. The zero-order chi connectivity index (χ0) is 20.4. The average Bonchev–Trinajstić information content (AvgIpc) is 2.73. The van der Waals surface area contributed by atoms with E-state index >= 15 is 0 Å². The van der Waals surface area contributed by atoms with Gasteiger partial charge in [-0.25, -0.2) is 5.48 Å². The van der Waals surface area contributed by atoms with E-state index in [4.69, 9.17) is 9.94 Å². The number of hydrogen-bond donors (Lipinski definition) is 3. The van der Waals surface area contributed by atoms with Crippen LogP contribution in [0.4, 0.5) is 0 Å². The van der Waals surface area contributed by atoms with Crippen molar-refractivity contribution >= 4 is 17.9 Å². The van der Waals surface area contributed by atoms with Crippen LogP contribution in [0.25, 0.3) is 6.08 Å². The Labute approximate surface area is 163 Å². The van der Waals surface area contributed by atoms with Crippen molar-refractivity contribution in [3.8, 4) is 5.75 Å². The summed E-state index contributed by atoms with van der Waals surface area (Å²) < 4.78 is 5.63. The molecule has 0 fully saturated rings. The predicted molar refractivity (Wildman–Crippen MR) is 105 cm³/mol. The molecule has 7 heteroatoms. The lowest BCUT2D eigenvalue weighted by Gasteiger charge is -2.23. The predicted octanol–water partition coefficient (Wildman–Crippen LogP) is 2.35. The van der Waals surface area contributed by atoms with Gasteiger partial charge in [-0.15, -0.1) is 0 Å². The number of nitrogens with zero attached hydrogens (tertiary/aromatic N) is 1. The maximum absolute atomic E-state index is 12.9. The van der Waals surface area contributed by atoms with Crippen molar-refractivity contribution in [1.82, 2.24) is 10.4 Å². The fourth-order valence-electron chi connectivity index (χ4n) is 2.66. The first-order valence-electron chi connectivity index (χ1n) is 8.90. The fourth-order valence-corrected chi connectivity index (χ4v) is 2.66. The summed E-state index contributed by atoms with van der Waals surface area (Å²) in [6, 6.07) is 13.5. The third-order valence-electron chi connectivity index (χ3n) is 4.04. The molecule has 0 spiro atoms. The van der Waals surface area contributed by atoms with Crippen molar-refractivity contribution in [2.45, 2.75) is 6.92 Å². The van der Waals surface area contributed by atoms with Crippen molar-refractivity contribution < 1.29 is 24.6 Å². The maximum atomic E-state index is 12.9. The van der Waals surface area contributed by atoms with E-state index in [1.165, 1.54) is 17.0 Å². The standard InChI is InChI=1S/C21H24N2O5/c1-2-5-16-6-3-4-7-19(16)21(26)23(12-14-24)13-15-28-18-10-8-17(9-11-18)20(25)22-27/h2-11,24,27H,12-15H2,1H3,(H,22,25). The summed E-state index contributed by atoms with van der Waals surface area (Å²) >= 11 is 0. The van der Waals surface area contributed by atoms with E-state index in [0.717, 1.165) is 5.56 Å². The van der Waals surface area contributed by atoms with E-state index < -0.39 is 5.91 Å². The van der Waals surface area contributed by atoms with Crippen LogP contribution in [-0.4, -0.2) is 53.3 Å². The van der Waals surface area contributed by atoms with E-state index in [1.54, 1.807) is 29.7 Å². The van der Waals surface area contributed by atoms with Gasteiger partial charge in [-0.1, -0.05) is 30.4 Å². The van der Waals surface area contributed by atoms with Crippen molar-refractivity contribution in [3.63, 3.8) is 0 Å². The van der Waals surface area contributed by atoms with Gasteiger partial charge in [-0.05, 0) is 42.8 Å². The van der Waals surface area contributed by atoms with Crippen LogP contribution < -0.4 is 10.2 Å². The fraction of sp³-hybridized carbons (Fsp3) is 0.238. The molecule has 28 heavy (non-hydrogen) atoms. The molecule has 3 N–H and O–H groups in total. The molecule has 2 aromatic carbocycles. The molecule has 0 unspecified atom stereocenters. The average molecular weight is 384 g/mol. The highest BCUT2D eigenvalue weighted by molar-refractivity contribution is 5.97. The van der Waals surface area contributed by atoms with Gasteiger partial charge in [0.05, 0.1) is 13.2 Å². The normalized spacial score (nSPS) is 10.7. The number of aliphatic hydroxyl groups is 1. The van der Waals surface area contributed by atoms with E-state index in [-0.39, 0.29) is 25.7 Å². The van der Waals surface area contributed by atoms with Crippen LogP contribution in [0.5, 0.6) is 5.75 Å². The van der Waals surface area contributed by atoms with E-state index in [9.17, 15) is 14.7 Å². The molecule has 0 heterocycles. The molecular formula is C21H24N2O5. The second-order valence-electron chi connectivity index (χ2n) is 5.92. The minimum atomic E-state index is -0.605. The van der Waals surface area contributed by atoms with Crippen molar-refractivity contribution in [1.29, 1.82) is 0 Å². The van der Waals surface area contributed by atoms with Crippen LogP contribution in [0.1, 0.15) is 33.2 Å². The molecule has 0 saturated carbocycles. The van der Waals surface area contributed by atoms with Gasteiger partial charge < -0.3 is 14.7 Å². The summed E-state index contributed by atoms with van der Waals surface area (Å²) in [4.78, 5) is 25.7. The van der Waals surface area contributed by atoms with Crippen LogP contribution >= 0.6 is 0 Å². The highest BCUT2D eigenvalue weighted by Crippen LogP contribution is 2.15. The highest BCUT2D eigenvalue weighted by atomic mass is 16.5. The lowest BCUT2D eigenvalue weighted by atomic mass is 10.1. The quantitative estimate of drug-likeness (QED) is 0.455. The summed E-state index contributed by atoms with van der Waals surface area (Å²) in [5.41, 5.74) is 3.24. The van der Waals surface area contributed by atoms with Gasteiger partial charge in [0.1, 0.15) is 12.4 Å². The Kier molecular flexibility index (Phi) is 8.20. The number of hydroxylamine groups is 1. The van der Waals surface area contributed by atoms with Gasteiger partial charge in [0.15, 0.2) is 0 Å². The molecule has 0 aliphatic rings. The van der Waals surface area contributed by atoms with Crippen LogP contribution in [0.15, 0.2) is 54.6 Å². The number of carbonyl (C=O) groups is 2. The maximum Gasteiger partial charge on any atom is 0.274 e. The Morgan fingerprint density at radius 2 is 1.82 bits per heavy atom. The van der Waals surface area contributed by atoms with Crippen LogP contribution in [0.2, 0.25) is 0 Å². The number of benzene rings is 2. The smallest absolute Gasteiger partial charge is 0.274 e. The molecule has 2 aromatic rings. The van der Waals surface area contributed by atoms with Crippen molar-refractivity contribution in [3.05, 3.63) is 71.3 Å². The Balaban J connectivity index is 2.01. The first-order valence-corrected chi connectivity index (χ1v) is 8.90. The summed E-state index contributed by atoms with van der Waals surface area (Å²) in [7, 11) is 0. The number of allylic oxidation sites excluding steroid dienone is 1. The first-order chi connectivity index (χ1) is 13.6. The van der Waals surface area contributed by atoms with E-state index in [1.807, 2.05) is 31.2 Å². The molecule has 0 saturated heterocycles. The minimum absolute atomic E-state index is 0.150. The number of amides is 2. The zero-order valence-corrected chi connectivity index (χ0v) is 15.7. The number of nitrogens with one attached hydrogen (secondary N) is 1. The Bertz CT molecular complexity index is 818. The molecule has 0 bridgehead atoms. The van der Waals surface area contributed by atoms with Crippen molar-refractivity contribution in [2.24, 2.45) is 0 Å². The van der Waals surface area contributed by atoms with Crippen molar-refractivity contribution in [2.75, 3.05) is 26.3 Å². The molecule has 0 aliphatic carbocycles. The molecule has 0 radical (unpaired) electrons. The molecular weight excluding hydrogens is 360 g/mol. The van der Waals surface area contributed by atoms with E-state index in [2.05, 4.69) is 0 Å². The van der Waals surface area contributed by atoms with Gasteiger partial charge in [-0.3, -0.25) is 14.8 Å². The third kappa shape index (κ3) is 5.67. The monoisotopic (exact) mass is 384 g/mol. The minimum Gasteiger partial charge on any atom is -0.492 e. The molecule has 2 amide bonds. The van der Waals surface area contributed by atoms with Crippen LogP contribution in [-0.2, 0) is 0 Å². The molecule has 148 valence electrons. The summed E-state index contributed by atoms with van der Waals surface area (Å²) in [5, 5.41) is 17.9. The Morgan fingerprint density at radius 3 is 2.46 bits per heavy atom. The Hall–Kier alpha value is -3.16. The topological polar surface area (TPSA) is 99.1 Å². The summed E-state index contributed by atoms with van der Waals surface area (Å²) in [6.07, 6.45) is 3.73. The SMILES string of the molecule is CC=Cc1ccccc1C(=O)N(CCO)CCOc1ccc(C(=O)NO)cc1. The van der Waals surface area contributed by atoms with Gasteiger partial charge in [-0.2, -0.15) is 0 Å². The summed E-state index contributed by atoms with van der Waals surface area (Å²) in [6.45, 7) is 2.45. The lowest BCUT2D eigenvalue weighted by Crippen LogP contribution is -2.37. The van der Waals surface area contributed by atoms with Gasteiger partial charge >= 0.3 is 0 Å². The number of carbonyl (C=O) groups excluding carboxylic acids is 2. The number of hydrogen-bond acceptors (Lipinski definition) is 5. The van der Waals surface area contributed by atoms with Gasteiger partial charge in [0.25, 0.3) is 11.8 Å². The first kappa shape index (κ1) is 21.1. The second-order valence-corrected chi connectivity index (χ2v) is 5.92. The number of rotatable bonds is 9.